The van der Waals surface area contributed by atoms with Crippen molar-refractivity contribution in [2.24, 2.45) is 5.92 Å². The third kappa shape index (κ3) is 1.14. The number of hydrogen-bond donors (Lipinski definition) is 1. The Morgan fingerprint density at radius 2 is 2.27 bits per heavy atom. The maximum atomic E-state index is 9.17. The third-order valence-corrected chi connectivity index (χ3v) is 2.07. The molecule has 0 radical (unpaired) electrons. The third-order valence-electron chi connectivity index (χ3n) is 2.07. The van der Waals surface area contributed by atoms with Gasteiger partial charge in [-0.25, -0.2) is 0 Å². The Morgan fingerprint density at radius 1 is 1.36 bits per heavy atom. The van der Waals surface area contributed by atoms with Crippen molar-refractivity contribution in [2.75, 3.05) is 0 Å². The van der Waals surface area contributed by atoms with E-state index >= 15 is 0 Å². The predicted octanol–water partition coefficient (Wildman–Crippen LogP) is 2.50. The van der Waals surface area contributed by atoms with Crippen molar-refractivity contribution in [3.8, 4) is 0 Å². The second-order valence-electron chi connectivity index (χ2n) is 2.86. The molecular formula is C10H10O. The molecule has 2 rings (SSSR count). The van der Waals surface area contributed by atoms with Crippen LogP contribution in [0.5, 0.6) is 0 Å². The van der Waals surface area contributed by atoms with Gasteiger partial charge in [-0.15, -0.1) is 0 Å². The molecule has 0 bridgehead atoms. The highest BCUT2D eigenvalue weighted by molar-refractivity contribution is 5.39. The quantitative estimate of drug-likeness (QED) is 0.556. The largest absolute Gasteiger partial charge is 0.508 e. The van der Waals surface area contributed by atoms with Crippen LogP contribution in [0.4, 0.5) is 0 Å². The first-order chi connectivity index (χ1) is 5.36. The lowest BCUT2D eigenvalue weighted by Crippen LogP contribution is -2.05. The molecule has 0 saturated carbocycles. The van der Waals surface area contributed by atoms with Crippen molar-refractivity contribution < 1.29 is 5.11 Å². The Kier molecular flexibility index (Phi) is 1.42. The van der Waals surface area contributed by atoms with Gasteiger partial charge < -0.3 is 5.11 Å². The lowest BCUT2D eigenvalue weighted by molar-refractivity contribution is 0.422. The van der Waals surface area contributed by atoms with Crippen LogP contribution in [0.2, 0.25) is 0 Å². The molecule has 0 aromatic carbocycles. The highest BCUT2D eigenvalue weighted by Crippen LogP contribution is 2.27. The summed E-state index contributed by atoms with van der Waals surface area (Å²) in [5, 5.41) is 9.17. The maximum Gasteiger partial charge on any atom is 0.111 e. The van der Waals surface area contributed by atoms with Crippen molar-refractivity contribution in [1.82, 2.24) is 0 Å². The minimum absolute atomic E-state index is 0.399. The van der Waals surface area contributed by atoms with Gasteiger partial charge in [0.1, 0.15) is 5.76 Å². The zero-order chi connectivity index (χ0) is 7.68. The van der Waals surface area contributed by atoms with E-state index < -0.39 is 0 Å². The lowest BCUT2D eigenvalue weighted by Gasteiger charge is -2.18. The van der Waals surface area contributed by atoms with E-state index in [1.54, 1.807) is 0 Å². The first-order valence-electron chi connectivity index (χ1n) is 3.82. The number of allylic oxidation sites excluding steroid dienone is 7. The molecule has 1 atom stereocenters. The Labute approximate surface area is 66.0 Å². The fourth-order valence-electron chi connectivity index (χ4n) is 1.45. The molecule has 0 heterocycles. The molecule has 0 fully saturated rings. The summed E-state index contributed by atoms with van der Waals surface area (Å²) in [5.74, 6) is 0.895. The highest BCUT2D eigenvalue weighted by Gasteiger charge is 2.13. The Hall–Kier alpha value is -1.24. The summed E-state index contributed by atoms with van der Waals surface area (Å²) in [6, 6.07) is 0. The van der Waals surface area contributed by atoms with Crippen LogP contribution in [-0.2, 0) is 0 Å². The van der Waals surface area contributed by atoms with Gasteiger partial charge in [-0.05, 0) is 24.1 Å². The molecule has 0 aromatic heterocycles. The molecular weight excluding hydrogens is 136 g/mol. The molecule has 0 aliphatic heterocycles. The van der Waals surface area contributed by atoms with Crippen LogP contribution in [0.15, 0.2) is 47.8 Å². The van der Waals surface area contributed by atoms with Crippen LogP contribution < -0.4 is 0 Å². The summed E-state index contributed by atoms with van der Waals surface area (Å²) < 4.78 is 0. The maximum absolute atomic E-state index is 9.17. The molecule has 2 aliphatic carbocycles. The van der Waals surface area contributed by atoms with Crippen LogP contribution in [0, 0.1) is 5.92 Å². The van der Waals surface area contributed by atoms with Gasteiger partial charge in [0.2, 0.25) is 0 Å². The van der Waals surface area contributed by atoms with Gasteiger partial charge in [0.05, 0.1) is 0 Å². The Balaban J connectivity index is 2.33. The molecule has 0 spiro atoms. The highest BCUT2D eigenvalue weighted by atomic mass is 16.3. The van der Waals surface area contributed by atoms with Crippen LogP contribution >= 0.6 is 0 Å². The SMILES string of the molecule is OC1=CCC2C=CC=CC2=C1. The van der Waals surface area contributed by atoms with E-state index in [0.717, 1.165) is 6.42 Å². The van der Waals surface area contributed by atoms with Crippen LogP contribution in [-0.4, -0.2) is 5.11 Å². The molecule has 11 heavy (non-hydrogen) atoms. The van der Waals surface area contributed by atoms with Gasteiger partial charge in [-0.1, -0.05) is 24.3 Å². The van der Waals surface area contributed by atoms with E-state index in [-0.39, 0.29) is 0 Å². The Bertz CT molecular complexity index is 279. The monoisotopic (exact) mass is 146 g/mol. The minimum atomic E-state index is 0.399. The lowest BCUT2D eigenvalue weighted by atomic mass is 9.88. The van der Waals surface area contributed by atoms with Crippen LogP contribution in [0.1, 0.15) is 6.42 Å². The smallest absolute Gasteiger partial charge is 0.111 e. The molecule has 1 nitrogen and oxygen atoms in total. The number of hydrogen-bond acceptors (Lipinski definition) is 1. The van der Waals surface area contributed by atoms with E-state index in [9.17, 15) is 5.11 Å². The van der Waals surface area contributed by atoms with Gasteiger partial charge in [0, 0.05) is 5.92 Å². The molecule has 1 N–H and O–H groups in total. The van der Waals surface area contributed by atoms with Gasteiger partial charge in [-0.3, -0.25) is 0 Å². The molecule has 1 unspecified atom stereocenters. The van der Waals surface area contributed by atoms with Crippen molar-refractivity contribution in [2.45, 2.75) is 6.42 Å². The van der Waals surface area contributed by atoms with Crippen molar-refractivity contribution in [3.63, 3.8) is 0 Å². The fraction of sp³-hybridized carbons (Fsp3) is 0.200. The summed E-state index contributed by atoms with van der Waals surface area (Å²) in [6.07, 6.45) is 12.9. The molecule has 0 aromatic rings. The van der Waals surface area contributed by atoms with Crippen molar-refractivity contribution in [3.05, 3.63) is 47.8 Å². The summed E-state index contributed by atoms with van der Waals surface area (Å²) in [5.41, 5.74) is 1.22. The average molecular weight is 146 g/mol. The van der Waals surface area contributed by atoms with Gasteiger partial charge in [0.15, 0.2) is 0 Å². The van der Waals surface area contributed by atoms with Gasteiger partial charge in [0.25, 0.3) is 0 Å². The molecule has 0 saturated heterocycles. The van der Waals surface area contributed by atoms with Crippen LogP contribution in [0.3, 0.4) is 0 Å². The standard InChI is InChI=1S/C10H10O/c11-10-6-5-8-3-1-2-4-9(8)7-10/h1-4,6-8,11H,5H2. The van der Waals surface area contributed by atoms with Crippen LogP contribution in [0.25, 0.3) is 0 Å². The molecule has 56 valence electrons. The van der Waals surface area contributed by atoms with E-state index in [0.29, 0.717) is 11.7 Å². The summed E-state index contributed by atoms with van der Waals surface area (Å²) >= 11 is 0. The molecule has 0 amide bonds. The topological polar surface area (TPSA) is 20.2 Å². The van der Waals surface area contributed by atoms with E-state index in [1.165, 1.54) is 5.57 Å². The average Bonchev–Trinajstić information content (AvgIpc) is 2.04. The number of rotatable bonds is 0. The van der Waals surface area contributed by atoms with E-state index in [2.05, 4.69) is 12.2 Å². The summed E-state index contributed by atoms with van der Waals surface area (Å²) in [7, 11) is 0. The second kappa shape index (κ2) is 2.42. The van der Waals surface area contributed by atoms with Gasteiger partial charge >= 0.3 is 0 Å². The number of fused-ring (bicyclic) bond motifs is 1. The van der Waals surface area contributed by atoms with Crippen molar-refractivity contribution >= 4 is 0 Å². The van der Waals surface area contributed by atoms with Gasteiger partial charge in [-0.2, -0.15) is 0 Å². The predicted molar refractivity (Wildman–Crippen MR) is 45.2 cm³/mol. The summed E-state index contributed by atoms with van der Waals surface area (Å²) in [6.45, 7) is 0. The number of aliphatic hydroxyl groups is 1. The second-order valence-corrected chi connectivity index (χ2v) is 2.86. The zero-order valence-electron chi connectivity index (χ0n) is 6.20. The summed E-state index contributed by atoms with van der Waals surface area (Å²) in [4.78, 5) is 0. The van der Waals surface area contributed by atoms with Crippen molar-refractivity contribution in [1.29, 1.82) is 0 Å². The zero-order valence-corrected chi connectivity index (χ0v) is 6.20. The fourth-order valence-corrected chi connectivity index (χ4v) is 1.45. The molecule has 1 heteroatoms. The first-order valence-corrected chi connectivity index (χ1v) is 3.82. The van der Waals surface area contributed by atoms with E-state index in [1.807, 2.05) is 24.3 Å². The normalized spacial score (nSPS) is 27.5. The molecule has 2 aliphatic rings. The first kappa shape index (κ1) is 6.47. The number of aliphatic hydroxyl groups excluding tert-OH is 1. The Morgan fingerprint density at radius 3 is 3.18 bits per heavy atom. The minimum Gasteiger partial charge on any atom is -0.508 e. The van der Waals surface area contributed by atoms with E-state index in [4.69, 9.17) is 0 Å².